The molecule has 0 radical (unpaired) electrons. The van der Waals surface area contributed by atoms with Gasteiger partial charge >= 0.3 is 0 Å². The van der Waals surface area contributed by atoms with Crippen molar-refractivity contribution in [1.29, 1.82) is 0 Å². The molecule has 0 spiro atoms. The summed E-state index contributed by atoms with van der Waals surface area (Å²) in [6.45, 7) is 3.22. The molecular formula is C21H25N5O3. The van der Waals surface area contributed by atoms with Crippen LogP contribution < -0.4 is 5.32 Å². The van der Waals surface area contributed by atoms with Crippen LogP contribution >= 0.6 is 0 Å². The highest BCUT2D eigenvalue weighted by molar-refractivity contribution is 5.97. The second-order valence-electron chi connectivity index (χ2n) is 6.97. The topological polar surface area (TPSA) is 111 Å². The number of carbonyl (C=O) groups excluding carboxylic acids is 1. The molecule has 1 aliphatic rings. The molecule has 4 rings (SSSR count). The number of pyridine rings is 1. The number of rotatable bonds is 3. The van der Waals surface area contributed by atoms with Gasteiger partial charge in [-0.15, -0.1) is 0 Å². The van der Waals surface area contributed by atoms with Gasteiger partial charge in [0.2, 0.25) is 0 Å². The number of anilines is 1. The Balaban J connectivity index is 0.000000755. The molecule has 1 atom stereocenters. The van der Waals surface area contributed by atoms with Crippen LogP contribution in [-0.2, 0) is 4.79 Å². The summed E-state index contributed by atoms with van der Waals surface area (Å²) < 4.78 is 0. The maximum atomic E-state index is 13.0. The molecule has 2 aromatic heterocycles. The Morgan fingerprint density at radius 3 is 2.90 bits per heavy atom. The lowest BCUT2D eigenvalue weighted by atomic mass is 9.90. The number of amides is 1. The quantitative estimate of drug-likeness (QED) is 0.588. The fourth-order valence-electron chi connectivity index (χ4n) is 3.72. The van der Waals surface area contributed by atoms with Gasteiger partial charge in [0.15, 0.2) is 0 Å². The van der Waals surface area contributed by atoms with Crippen LogP contribution in [0.4, 0.5) is 5.82 Å². The van der Waals surface area contributed by atoms with Crippen LogP contribution in [0.15, 0.2) is 36.5 Å². The van der Waals surface area contributed by atoms with E-state index in [4.69, 9.17) is 9.90 Å². The number of aryl methyl sites for hydroxylation is 1. The molecule has 1 fully saturated rings. The van der Waals surface area contributed by atoms with Crippen molar-refractivity contribution in [3.05, 3.63) is 53.5 Å². The van der Waals surface area contributed by atoms with E-state index in [1.807, 2.05) is 43.3 Å². The highest BCUT2D eigenvalue weighted by Crippen LogP contribution is 2.29. The average molecular weight is 395 g/mol. The van der Waals surface area contributed by atoms with Gasteiger partial charge in [0, 0.05) is 37.8 Å². The highest BCUT2D eigenvalue weighted by Gasteiger charge is 2.26. The van der Waals surface area contributed by atoms with Crippen LogP contribution in [0.25, 0.3) is 11.0 Å². The summed E-state index contributed by atoms with van der Waals surface area (Å²) in [6.07, 6.45) is 3.94. The number of likely N-dealkylation sites (tertiary alicyclic amines) is 1. The maximum Gasteiger partial charge on any atom is 0.290 e. The number of nitrogens with zero attached hydrogens (tertiary/aromatic N) is 3. The lowest BCUT2D eigenvalue weighted by Gasteiger charge is -2.33. The Kier molecular flexibility index (Phi) is 6.43. The zero-order valence-corrected chi connectivity index (χ0v) is 16.6. The predicted molar refractivity (Wildman–Crippen MR) is 111 cm³/mol. The van der Waals surface area contributed by atoms with Crippen molar-refractivity contribution in [3.63, 3.8) is 0 Å². The minimum Gasteiger partial charge on any atom is -0.483 e. The van der Waals surface area contributed by atoms with Crippen molar-refractivity contribution in [3.8, 4) is 0 Å². The third kappa shape index (κ3) is 4.71. The molecule has 1 aliphatic heterocycles. The summed E-state index contributed by atoms with van der Waals surface area (Å²) in [5.74, 6) is 2.17. The molecule has 1 unspecified atom stereocenters. The molecule has 0 aliphatic carbocycles. The number of H-pyrrole nitrogens is 1. The predicted octanol–water partition coefficient (Wildman–Crippen LogP) is 3.03. The van der Waals surface area contributed by atoms with Crippen LogP contribution in [0.2, 0.25) is 0 Å². The Labute approximate surface area is 169 Å². The number of nitrogens with one attached hydrogen (secondary N) is 2. The summed E-state index contributed by atoms with van der Waals surface area (Å²) >= 11 is 0. The lowest BCUT2D eigenvalue weighted by Crippen LogP contribution is -2.39. The molecule has 0 saturated carbocycles. The maximum absolute atomic E-state index is 13.0. The molecule has 1 amide bonds. The largest absolute Gasteiger partial charge is 0.483 e. The number of aromatic nitrogens is 3. The SMILES string of the molecule is CNc1cc(C2CCCN(C(=O)c3ccc4nc(C)[nH]c4c3)C2)ccn1.O=CO. The Hall–Kier alpha value is -3.42. The summed E-state index contributed by atoms with van der Waals surface area (Å²) in [7, 11) is 1.87. The van der Waals surface area contributed by atoms with Crippen LogP contribution in [0, 0.1) is 6.92 Å². The van der Waals surface area contributed by atoms with E-state index in [-0.39, 0.29) is 12.4 Å². The molecule has 3 heterocycles. The van der Waals surface area contributed by atoms with Gasteiger partial charge in [-0.2, -0.15) is 0 Å². The molecular weight excluding hydrogens is 370 g/mol. The van der Waals surface area contributed by atoms with E-state index in [0.29, 0.717) is 11.5 Å². The van der Waals surface area contributed by atoms with E-state index >= 15 is 0 Å². The number of carboxylic acid groups (broad SMARTS) is 1. The third-order valence-electron chi connectivity index (χ3n) is 5.07. The number of hydrogen-bond donors (Lipinski definition) is 3. The molecule has 1 aromatic carbocycles. The second kappa shape index (κ2) is 9.18. The summed E-state index contributed by atoms with van der Waals surface area (Å²) in [5.41, 5.74) is 3.76. The van der Waals surface area contributed by atoms with Crippen molar-refractivity contribution >= 4 is 29.2 Å². The van der Waals surface area contributed by atoms with Crippen molar-refractivity contribution < 1.29 is 14.7 Å². The van der Waals surface area contributed by atoms with Crippen LogP contribution in [0.3, 0.4) is 0 Å². The normalized spacial score (nSPS) is 16.1. The van der Waals surface area contributed by atoms with E-state index in [1.54, 1.807) is 0 Å². The molecule has 3 aromatic rings. The average Bonchev–Trinajstić information content (AvgIpc) is 3.13. The smallest absolute Gasteiger partial charge is 0.290 e. The van der Waals surface area contributed by atoms with Crippen molar-refractivity contribution in [2.75, 3.05) is 25.5 Å². The first-order valence-corrected chi connectivity index (χ1v) is 9.53. The molecule has 0 bridgehead atoms. The van der Waals surface area contributed by atoms with Gasteiger partial charge in [-0.05, 0) is 55.7 Å². The Bertz CT molecular complexity index is 1000. The fraction of sp³-hybridized carbons (Fsp3) is 0.333. The van der Waals surface area contributed by atoms with E-state index in [9.17, 15) is 4.79 Å². The number of imidazole rings is 1. The van der Waals surface area contributed by atoms with Gasteiger partial charge in [0.05, 0.1) is 11.0 Å². The molecule has 152 valence electrons. The number of hydrogen-bond acceptors (Lipinski definition) is 5. The molecule has 8 heteroatoms. The lowest BCUT2D eigenvalue weighted by molar-refractivity contribution is -0.122. The Morgan fingerprint density at radius 2 is 2.14 bits per heavy atom. The summed E-state index contributed by atoms with van der Waals surface area (Å²) in [5, 5.41) is 9.97. The summed E-state index contributed by atoms with van der Waals surface area (Å²) in [4.78, 5) is 35.2. The number of fused-ring (bicyclic) bond motifs is 1. The first-order chi connectivity index (χ1) is 14.0. The number of benzene rings is 1. The van der Waals surface area contributed by atoms with E-state index < -0.39 is 0 Å². The minimum absolute atomic E-state index is 0.0896. The number of carbonyl (C=O) groups is 2. The second-order valence-corrected chi connectivity index (χ2v) is 6.97. The van der Waals surface area contributed by atoms with E-state index in [0.717, 1.165) is 48.6 Å². The highest BCUT2D eigenvalue weighted by atomic mass is 16.3. The van der Waals surface area contributed by atoms with Gasteiger partial charge in [0.25, 0.3) is 12.4 Å². The van der Waals surface area contributed by atoms with Gasteiger partial charge in [-0.3, -0.25) is 9.59 Å². The van der Waals surface area contributed by atoms with Gasteiger partial charge in [0.1, 0.15) is 11.6 Å². The number of piperidine rings is 1. The first kappa shape index (κ1) is 20.3. The van der Waals surface area contributed by atoms with Gasteiger partial charge in [-0.25, -0.2) is 9.97 Å². The monoisotopic (exact) mass is 395 g/mol. The number of aromatic amines is 1. The minimum atomic E-state index is -0.250. The molecule has 3 N–H and O–H groups in total. The fourth-order valence-corrected chi connectivity index (χ4v) is 3.72. The molecule has 8 nitrogen and oxygen atoms in total. The van der Waals surface area contributed by atoms with Crippen LogP contribution in [-0.4, -0.2) is 57.5 Å². The molecule has 29 heavy (non-hydrogen) atoms. The van der Waals surface area contributed by atoms with E-state index in [2.05, 4.69) is 32.4 Å². The Morgan fingerprint density at radius 1 is 1.34 bits per heavy atom. The van der Waals surface area contributed by atoms with E-state index in [1.165, 1.54) is 5.56 Å². The summed E-state index contributed by atoms with van der Waals surface area (Å²) in [6, 6.07) is 9.83. The van der Waals surface area contributed by atoms with Gasteiger partial charge < -0.3 is 20.3 Å². The third-order valence-corrected chi connectivity index (χ3v) is 5.07. The molecule has 1 saturated heterocycles. The van der Waals surface area contributed by atoms with Crippen molar-refractivity contribution in [1.82, 2.24) is 19.9 Å². The zero-order chi connectivity index (χ0) is 20.8. The first-order valence-electron chi connectivity index (χ1n) is 9.53. The van der Waals surface area contributed by atoms with Crippen molar-refractivity contribution in [2.24, 2.45) is 0 Å². The van der Waals surface area contributed by atoms with Gasteiger partial charge in [-0.1, -0.05) is 0 Å². The standard InChI is InChI=1S/C20H23N5O.CH2O2/c1-13-23-17-6-5-15(10-18(17)24-13)20(26)25-9-3-4-16(12-25)14-7-8-22-19(11-14)21-2;2-1-3/h5-8,10-11,16H,3-4,9,12H2,1-2H3,(H,21,22)(H,23,24);1H,(H,2,3). The van der Waals surface area contributed by atoms with Crippen molar-refractivity contribution in [2.45, 2.75) is 25.7 Å². The van der Waals surface area contributed by atoms with Crippen LogP contribution in [0.1, 0.15) is 40.5 Å². The zero-order valence-electron chi connectivity index (χ0n) is 16.6. The van der Waals surface area contributed by atoms with Crippen LogP contribution in [0.5, 0.6) is 0 Å².